The average molecular weight is 116 g/mol. The van der Waals surface area contributed by atoms with Crippen LogP contribution < -0.4 is 0 Å². The molecule has 0 N–H and O–H groups in total. The van der Waals surface area contributed by atoms with Crippen LogP contribution in [0.25, 0.3) is 0 Å². The fourth-order valence-corrected chi connectivity index (χ4v) is 0.0680. The van der Waals surface area contributed by atoms with Crippen molar-refractivity contribution in [1.29, 1.82) is 0 Å². The van der Waals surface area contributed by atoms with Crippen LogP contribution in [0.4, 0.5) is 0 Å². The quantitative estimate of drug-likeness (QED) is 0.509. The molecule has 0 radical (unpaired) electrons. The van der Waals surface area contributed by atoms with Crippen molar-refractivity contribution in [2.24, 2.45) is 0 Å². The minimum absolute atomic E-state index is 0.431. The predicted molar refractivity (Wildman–Crippen MR) is 31.5 cm³/mol. The molecular formula is C6H12O2. The van der Waals surface area contributed by atoms with Gasteiger partial charge < -0.3 is 4.74 Å². The highest BCUT2D eigenvalue weighted by atomic mass is 16.5. The zero-order valence-electron chi connectivity index (χ0n) is 5.22. The lowest BCUT2D eigenvalue weighted by molar-refractivity contribution is -0.128. The highest BCUT2D eigenvalue weighted by Crippen LogP contribution is 2.14. The normalized spacial score (nSPS) is 13.1. The largest absolute Gasteiger partial charge is 0.468 e. The van der Waals surface area contributed by atoms with Gasteiger partial charge in [0.15, 0.2) is 0 Å². The molecule has 1 aliphatic rings. The van der Waals surface area contributed by atoms with Crippen molar-refractivity contribution in [3.8, 4) is 0 Å². The van der Waals surface area contributed by atoms with E-state index in [1.165, 1.54) is 19.3 Å². The Morgan fingerprint density at radius 2 is 2.00 bits per heavy atom. The summed E-state index contributed by atoms with van der Waals surface area (Å²) in [6.07, 6.45) is 4.50. The summed E-state index contributed by atoms with van der Waals surface area (Å²) in [7, 11) is 0. The van der Waals surface area contributed by atoms with Crippen molar-refractivity contribution in [1.82, 2.24) is 0 Å². The van der Waals surface area contributed by atoms with Crippen LogP contribution in [0.1, 0.15) is 26.2 Å². The van der Waals surface area contributed by atoms with E-state index in [0.717, 1.165) is 0 Å². The Morgan fingerprint density at radius 3 is 2.00 bits per heavy atom. The third-order valence-corrected chi connectivity index (χ3v) is 0.588. The van der Waals surface area contributed by atoms with Crippen molar-refractivity contribution in [2.75, 3.05) is 6.61 Å². The van der Waals surface area contributed by atoms with Gasteiger partial charge in [-0.05, 0) is 6.92 Å². The molecule has 1 fully saturated rings. The molecule has 0 atom stereocenters. The van der Waals surface area contributed by atoms with Gasteiger partial charge in [0.25, 0.3) is 6.47 Å². The lowest BCUT2D eigenvalue weighted by atomic mass is 10.9. The molecule has 1 aliphatic carbocycles. The van der Waals surface area contributed by atoms with E-state index in [9.17, 15) is 4.79 Å². The molecule has 0 aliphatic heterocycles. The number of ether oxygens (including phenoxy) is 1. The lowest BCUT2D eigenvalue weighted by Gasteiger charge is -1.79. The number of hydrogen-bond acceptors (Lipinski definition) is 2. The Labute approximate surface area is 49.8 Å². The molecule has 0 spiro atoms. The van der Waals surface area contributed by atoms with E-state index in [1.807, 2.05) is 0 Å². The van der Waals surface area contributed by atoms with E-state index in [4.69, 9.17) is 0 Å². The average Bonchev–Trinajstić information content (AvgIpc) is 2.50. The number of hydrogen-bond donors (Lipinski definition) is 0. The summed E-state index contributed by atoms with van der Waals surface area (Å²) in [5, 5.41) is 0. The maximum absolute atomic E-state index is 9.18. The summed E-state index contributed by atoms with van der Waals surface area (Å²) in [5.41, 5.74) is 0. The Kier molecular flexibility index (Phi) is 6.04. The molecule has 0 aromatic heterocycles. The third kappa shape index (κ3) is 17.9. The minimum Gasteiger partial charge on any atom is -0.468 e. The minimum atomic E-state index is 0.431. The number of carbonyl (C=O) groups is 1. The van der Waals surface area contributed by atoms with Crippen molar-refractivity contribution < 1.29 is 9.53 Å². The topological polar surface area (TPSA) is 26.3 Å². The fraction of sp³-hybridized carbons (Fsp3) is 0.833. The summed E-state index contributed by atoms with van der Waals surface area (Å²) < 4.78 is 4.15. The van der Waals surface area contributed by atoms with Crippen LogP contribution >= 0.6 is 0 Å². The Balaban J connectivity index is 0.000000135. The van der Waals surface area contributed by atoms with Gasteiger partial charge in [0.1, 0.15) is 0 Å². The van der Waals surface area contributed by atoms with Crippen molar-refractivity contribution in [3.05, 3.63) is 0 Å². The summed E-state index contributed by atoms with van der Waals surface area (Å²) in [4.78, 5) is 9.18. The molecule has 48 valence electrons. The zero-order chi connectivity index (χ0) is 6.24. The summed E-state index contributed by atoms with van der Waals surface area (Å²) in [5.74, 6) is 0. The third-order valence-electron chi connectivity index (χ3n) is 0.588. The number of rotatable bonds is 2. The molecular weight excluding hydrogens is 104 g/mol. The van der Waals surface area contributed by atoms with Gasteiger partial charge >= 0.3 is 0 Å². The first-order chi connectivity index (χ1) is 3.91. The van der Waals surface area contributed by atoms with E-state index in [-0.39, 0.29) is 0 Å². The molecule has 2 nitrogen and oxygen atoms in total. The van der Waals surface area contributed by atoms with Gasteiger partial charge in [0.2, 0.25) is 0 Å². The van der Waals surface area contributed by atoms with Gasteiger partial charge in [-0.25, -0.2) is 0 Å². The monoisotopic (exact) mass is 116 g/mol. The van der Waals surface area contributed by atoms with Crippen LogP contribution in [-0.2, 0) is 9.53 Å². The molecule has 1 saturated carbocycles. The van der Waals surface area contributed by atoms with Crippen LogP contribution in [0.2, 0.25) is 0 Å². The van der Waals surface area contributed by atoms with Crippen LogP contribution in [-0.4, -0.2) is 13.1 Å². The molecule has 8 heavy (non-hydrogen) atoms. The Morgan fingerprint density at radius 1 is 1.50 bits per heavy atom. The first-order valence-corrected chi connectivity index (χ1v) is 2.97. The first kappa shape index (κ1) is 7.47. The second-order valence-electron chi connectivity index (χ2n) is 1.61. The van der Waals surface area contributed by atoms with Crippen molar-refractivity contribution in [3.63, 3.8) is 0 Å². The smallest absolute Gasteiger partial charge is 0.293 e. The van der Waals surface area contributed by atoms with E-state index < -0.39 is 0 Å². The Hall–Kier alpha value is -0.530. The fourth-order valence-electron chi connectivity index (χ4n) is 0.0680. The summed E-state index contributed by atoms with van der Waals surface area (Å²) in [6, 6.07) is 0. The van der Waals surface area contributed by atoms with Gasteiger partial charge in [-0.3, -0.25) is 4.79 Å². The second kappa shape index (κ2) is 6.47. The van der Waals surface area contributed by atoms with Gasteiger partial charge in [0.05, 0.1) is 6.61 Å². The van der Waals surface area contributed by atoms with E-state index >= 15 is 0 Å². The van der Waals surface area contributed by atoms with Crippen molar-refractivity contribution >= 4 is 6.47 Å². The van der Waals surface area contributed by atoms with Crippen LogP contribution in [0.3, 0.4) is 0 Å². The first-order valence-electron chi connectivity index (χ1n) is 2.97. The standard InChI is InChI=1S/C3H6O2.C3H6/c1-2-5-3-4;1-2-3-1/h3H,2H2,1H3;1-3H2. The van der Waals surface area contributed by atoms with Crippen LogP contribution in [0, 0.1) is 0 Å². The van der Waals surface area contributed by atoms with Crippen LogP contribution in [0.5, 0.6) is 0 Å². The zero-order valence-corrected chi connectivity index (χ0v) is 5.22. The van der Waals surface area contributed by atoms with Gasteiger partial charge in [-0.1, -0.05) is 19.3 Å². The molecule has 0 aromatic carbocycles. The molecule has 0 amide bonds. The van der Waals surface area contributed by atoms with Gasteiger partial charge in [0, 0.05) is 0 Å². The van der Waals surface area contributed by atoms with Gasteiger partial charge in [-0.15, -0.1) is 0 Å². The molecule has 0 unspecified atom stereocenters. The number of carbonyl (C=O) groups excluding carboxylic acids is 1. The van der Waals surface area contributed by atoms with E-state index in [2.05, 4.69) is 4.74 Å². The predicted octanol–water partition coefficient (Wildman–Crippen LogP) is 1.35. The van der Waals surface area contributed by atoms with Crippen LogP contribution in [0.15, 0.2) is 0 Å². The summed E-state index contributed by atoms with van der Waals surface area (Å²) in [6.45, 7) is 2.66. The second-order valence-corrected chi connectivity index (χ2v) is 1.61. The van der Waals surface area contributed by atoms with E-state index in [0.29, 0.717) is 13.1 Å². The van der Waals surface area contributed by atoms with Crippen molar-refractivity contribution in [2.45, 2.75) is 26.2 Å². The van der Waals surface area contributed by atoms with Gasteiger partial charge in [-0.2, -0.15) is 0 Å². The highest BCUT2D eigenvalue weighted by Gasteiger charge is 1.95. The molecule has 0 aromatic rings. The maximum atomic E-state index is 9.18. The molecule has 0 saturated heterocycles. The maximum Gasteiger partial charge on any atom is 0.293 e. The SMILES string of the molecule is C1CC1.CCOC=O. The summed E-state index contributed by atoms with van der Waals surface area (Å²) >= 11 is 0. The Bertz CT molecular complexity index is 47.7. The molecule has 0 bridgehead atoms. The lowest BCUT2D eigenvalue weighted by Crippen LogP contribution is -1.80. The molecule has 0 heterocycles. The van der Waals surface area contributed by atoms with E-state index in [1.54, 1.807) is 6.92 Å². The molecule has 2 heteroatoms. The molecule has 1 rings (SSSR count). The highest BCUT2D eigenvalue weighted by molar-refractivity contribution is 5.36.